The number of amides is 1. The Morgan fingerprint density at radius 1 is 1.58 bits per heavy atom. The summed E-state index contributed by atoms with van der Waals surface area (Å²) in [5.74, 6) is 0.00574. The fourth-order valence-corrected chi connectivity index (χ4v) is 2.82. The van der Waals surface area contributed by atoms with Crippen LogP contribution in [0.15, 0.2) is 24.4 Å². The van der Waals surface area contributed by atoms with Gasteiger partial charge in [0.15, 0.2) is 0 Å². The van der Waals surface area contributed by atoms with E-state index in [1.54, 1.807) is 6.20 Å². The van der Waals surface area contributed by atoms with Gasteiger partial charge < -0.3 is 11.1 Å². The maximum Gasteiger partial charge on any atom is 0.231 e. The summed E-state index contributed by atoms with van der Waals surface area (Å²) in [5.41, 5.74) is 7.32. The fourth-order valence-electron chi connectivity index (χ4n) is 2.82. The van der Waals surface area contributed by atoms with Crippen LogP contribution in [-0.2, 0) is 4.79 Å². The molecule has 0 radical (unpaired) electrons. The number of nitrogens with one attached hydrogen (secondary N) is 2. The average Bonchev–Trinajstić information content (AvgIpc) is 2.99. The summed E-state index contributed by atoms with van der Waals surface area (Å²) in [6.07, 6.45) is 4.50. The third kappa shape index (κ3) is 1.90. The van der Waals surface area contributed by atoms with Gasteiger partial charge in [-0.25, -0.2) is 0 Å². The second kappa shape index (κ2) is 4.35. The van der Waals surface area contributed by atoms with Gasteiger partial charge in [-0.3, -0.25) is 9.89 Å². The Kier molecular flexibility index (Phi) is 2.78. The minimum Gasteiger partial charge on any atom is -0.327 e. The number of carbonyl (C=O) groups is 1. The molecule has 0 saturated heterocycles. The summed E-state index contributed by atoms with van der Waals surface area (Å²) < 4.78 is 0. The molecule has 0 aliphatic heterocycles. The first-order chi connectivity index (χ1) is 9.11. The van der Waals surface area contributed by atoms with Crippen LogP contribution in [0.2, 0.25) is 0 Å². The average molecular weight is 258 g/mol. The molecule has 19 heavy (non-hydrogen) atoms. The zero-order valence-corrected chi connectivity index (χ0v) is 10.9. The van der Waals surface area contributed by atoms with Crippen molar-refractivity contribution < 1.29 is 4.79 Å². The topological polar surface area (TPSA) is 83.8 Å². The minimum atomic E-state index is -0.466. The summed E-state index contributed by atoms with van der Waals surface area (Å²) in [5, 5.41) is 10.8. The van der Waals surface area contributed by atoms with Crippen molar-refractivity contribution in [1.82, 2.24) is 10.2 Å². The lowest BCUT2D eigenvalue weighted by atomic mass is 9.84. The number of nitrogens with two attached hydrogens (primary N) is 1. The van der Waals surface area contributed by atoms with Crippen LogP contribution in [0.5, 0.6) is 0 Å². The van der Waals surface area contributed by atoms with Crippen molar-refractivity contribution in [2.45, 2.75) is 32.2 Å². The van der Waals surface area contributed by atoms with Crippen molar-refractivity contribution in [1.29, 1.82) is 0 Å². The van der Waals surface area contributed by atoms with Gasteiger partial charge in [0.1, 0.15) is 0 Å². The highest BCUT2D eigenvalue weighted by atomic mass is 16.2. The molecule has 5 nitrogen and oxygen atoms in total. The van der Waals surface area contributed by atoms with Gasteiger partial charge in [0.05, 0.1) is 22.8 Å². The molecular formula is C14H18N4O. The Morgan fingerprint density at radius 3 is 3.16 bits per heavy atom. The molecule has 0 bridgehead atoms. The number of hydrogen-bond acceptors (Lipinski definition) is 3. The van der Waals surface area contributed by atoms with Crippen molar-refractivity contribution in [3.05, 3.63) is 24.4 Å². The summed E-state index contributed by atoms with van der Waals surface area (Å²) in [4.78, 5) is 12.5. The van der Waals surface area contributed by atoms with Crippen molar-refractivity contribution in [3.63, 3.8) is 0 Å². The van der Waals surface area contributed by atoms with Crippen LogP contribution in [0, 0.1) is 5.41 Å². The molecule has 1 aliphatic rings. The highest BCUT2D eigenvalue weighted by Gasteiger charge is 2.43. The maximum atomic E-state index is 12.5. The minimum absolute atomic E-state index is 0.00574. The van der Waals surface area contributed by atoms with Crippen LogP contribution in [0.3, 0.4) is 0 Å². The highest BCUT2D eigenvalue weighted by Crippen LogP contribution is 2.38. The number of benzene rings is 1. The lowest BCUT2D eigenvalue weighted by Crippen LogP contribution is -2.44. The number of carbonyl (C=O) groups excluding carboxylic acids is 1. The molecule has 1 aromatic heterocycles. The first-order valence-corrected chi connectivity index (χ1v) is 6.60. The van der Waals surface area contributed by atoms with E-state index < -0.39 is 5.41 Å². The van der Waals surface area contributed by atoms with Crippen LogP contribution < -0.4 is 11.1 Å². The van der Waals surface area contributed by atoms with Crippen molar-refractivity contribution in [3.8, 4) is 0 Å². The zero-order chi connectivity index (χ0) is 13.5. The number of fused-ring (bicyclic) bond motifs is 1. The number of nitrogens with zero attached hydrogens (tertiary/aromatic N) is 1. The highest BCUT2D eigenvalue weighted by molar-refractivity contribution is 6.03. The maximum absolute atomic E-state index is 12.5. The van der Waals surface area contributed by atoms with Crippen LogP contribution in [0.25, 0.3) is 10.9 Å². The van der Waals surface area contributed by atoms with Crippen LogP contribution in [0.1, 0.15) is 26.2 Å². The number of hydrogen-bond donors (Lipinski definition) is 3. The molecule has 4 N–H and O–H groups in total. The van der Waals surface area contributed by atoms with Crippen molar-refractivity contribution in [2.24, 2.45) is 11.1 Å². The molecule has 1 aliphatic carbocycles. The molecule has 1 amide bonds. The van der Waals surface area contributed by atoms with Gasteiger partial charge in [-0.15, -0.1) is 0 Å². The van der Waals surface area contributed by atoms with Gasteiger partial charge in [-0.1, -0.05) is 12.5 Å². The van der Waals surface area contributed by atoms with Gasteiger partial charge in [0, 0.05) is 11.4 Å². The molecule has 1 saturated carbocycles. The summed E-state index contributed by atoms with van der Waals surface area (Å²) in [7, 11) is 0. The van der Waals surface area contributed by atoms with E-state index in [1.165, 1.54) is 0 Å². The molecule has 2 atom stereocenters. The second-order valence-corrected chi connectivity index (χ2v) is 5.51. The molecule has 100 valence electrons. The van der Waals surface area contributed by atoms with Crippen LogP contribution in [0.4, 0.5) is 5.69 Å². The molecule has 1 fully saturated rings. The van der Waals surface area contributed by atoms with Crippen molar-refractivity contribution in [2.75, 3.05) is 5.32 Å². The quantitative estimate of drug-likeness (QED) is 0.770. The Morgan fingerprint density at radius 2 is 2.42 bits per heavy atom. The number of aromatic nitrogens is 2. The predicted molar refractivity (Wildman–Crippen MR) is 74.7 cm³/mol. The van der Waals surface area contributed by atoms with Crippen LogP contribution >= 0.6 is 0 Å². The summed E-state index contributed by atoms with van der Waals surface area (Å²) in [6.45, 7) is 1.95. The summed E-state index contributed by atoms with van der Waals surface area (Å²) in [6, 6.07) is 5.66. The van der Waals surface area contributed by atoms with E-state index in [2.05, 4.69) is 15.5 Å². The van der Waals surface area contributed by atoms with E-state index in [0.717, 1.165) is 35.9 Å². The van der Waals surface area contributed by atoms with E-state index >= 15 is 0 Å². The van der Waals surface area contributed by atoms with Crippen LogP contribution in [-0.4, -0.2) is 22.1 Å². The number of rotatable bonds is 2. The summed E-state index contributed by atoms with van der Waals surface area (Å²) >= 11 is 0. The molecule has 2 unspecified atom stereocenters. The largest absolute Gasteiger partial charge is 0.327 e. The molecule has 2 aromatic rings. The van der Waals surface area contributed by atoms with Gasteiger partial charge in [-0.2, -0.15) is 5.10 Å². The molecule has 5 heteroatoms. The smallest absolute Gasteiger partial charge is 0.231 e. The Bertz CT molecular complexity index is 621. The first-order valence-electron chi connectivity index (χ1n) is 6.60. The third-order valence-corrected chi connectivity index (χ3v) is 4.28. The monoisotopic (exact) mass is 258 g/mol. The number of anilines is 1. The third-order valence-electron chi connectivity index (χ3n) is 4.28. The van der Waals surface area contributed by atoms with E-state index in [0.29, 0.717) is 0 Å². The molecule has 0 spiro atoms. The fraction of sp³-hybridized carbons (Fsp3) is 0.429. The SMILES string of the molecule is CC1(C(=O)Nc2cccc3[nH]ncc23)CCCC1N. The van der Waals surface area contributed by atoms with Gasteiger partial charge in [0.2, 0.25) is 5.91 Å². The molecule has 1 heterocycles. The second-order valence-electron chi connectivity index (χ2n) is 5.51. The van der Waals surface area contributed by atoms with E-state index in [9.17, 15) is 4.79 Å². The van der Waals surface area contributed by atoms with E-state index in [4.69, 9.17) is 5.73 Å². The molecule has 3 rings (SSSR count). The zero-order valence-electron chi connectivity index (χ0n) is 10.9. The van der Waals surface area contributed by atoms with Crippen molar-refractivity contribution >= 4 is 22.5 Å². The first kappa shape index (κ1) is 12.2. The molecule has 1 aromatic carbocycles. The Hall–Kier alpha value is -1.88. The molecular weight excluding hydrogens is 240 g/mol. The number of aromatic amines is 1. The predicted octanol–water partition coefficient (Wildman–Crippen LogP) is 2.02. The standard InChI is InChI=1S/C14H18N4O/c1-14(7-3-6-12(14)15)13(19)17-10-4-2-5-11-9(10)8-16-18-11/h2,4-5,8,12H,3,6-7,15H2,1H3,(H,16,18)(H,17,19). The normalized spacial score (nSPS) is 26.7. The lowest BCUT2D eigenvalue weighted by Gasteiger charge is -2.27. The lowest BCUT2D eigenvalue weighted by molar-refractivity contribution is -0.125. The van der Waals surface area contributed by atoms with Gasteiger partial charge in [0.25, 0.3) is 0 Å². The van der Waals surface area contributed by atoms with E-state index in [-0.39, 0.29) is 11.9 Å². The van der Waals surface area contributed by atoms with Gasteiger partial charge >= 0.3 is 0 Å². The van der Waals surface area contributed by atoms with E-state index in [1.807, 2.05) is 25.1 Å². The Balaban J connectivity index is 1.89. The van der Waals surface area contributed by atoms with Gasteiger partial charge in [-0.05, 0) is 31.9 Å². The Labute approximate surface area is 111 Å². The number of H-pyrrole nitrogens is 1.